The Morgan fingerprint density at radius 1 is 1.45 bits per heavy atom. The smallest absolute Gasteiger partial charge is 0.244 e. The van der Waals surface area contributed by atoms with Gasteiger partial charge in [-0.15, -0.1) is 0 Å². The van der Waals surface area contributed by atoms with E-state index in [-0.39, 0.29) is 17.2 Å². The number of nitrogens with zero attached hydrogens (tertiary/aromatic N) is 1. The Kier molecular flexibility index (Phi) is 5.94. The van der Waals surface area contributed by atoms with Crippen LogP contribution in [-0.2, 0) is 10.0 Å². The van der Waals surface area contributed by atoms with E-state index in [2.05, 4.69) is 4.72 Å². The summed E-state index contributed by atoms with van der Waals surface area (Å²) in [7, 11) is -2.44. The van der Waals surface area contributed by atoms with Gasteiger partial charge >= 0.3 is 0 Å². The van der Waals surface area contributed by atoms with Gasteiger partial charge < -0.3 is 10.5 Å². The maximum atomic E-state index is 12.6. The van der Waals surface area contributed by atoms with Gasteiger partial charge in [-0.2, -0.15) is 5.26 Å². The number of nitrogens with two attached hydrogens (primary N) is 1. The fourth-order valence-electron chi connectivity index (χ4n) is 2.41. The molecule has 0 aliphatic rings. The van der Waals surface area contributed by atoms with Crippen LogP contribution in [0, 0.1) is 17.2 Å². The van der Waals surface area contributed by atoms with Gasteiger partial charge in [0.05, 0.1) is 18.7 Å². The number of hydrogen-bond acceptors (Lipinski definition) is 5. The third-order valence-corrected chi connectivity index (χ3v) is 4.95. The second-order valence-electron chi connectivity index (χ2n) is 5.95. The molecule has 0 spiro atoms. The lowest BCUT2D eigenvalue weighted by atomic mass is 9.92. The summed E-state index contributed by atoms with van der Waals surface area (Å²) in [5.74, 6) is 0.426. The highest BCUT2D eigenvalue weighted by Gasteiger charge is 2.31. The minimum Gasteiger partial charge on any atom is -0.495 e. The summed E-state index contributed by atoms with van der Waals surface area (Å²) in [6.07, 6.45) is 0.612. The van der Waals surface area contributed by atoms with E-state index in [1.54, 1.807) is 6.92 Å². The van der Waals surface area contributed by atoms with E-state index < -0.39 is 15.6 Å². The van der Waals surface area contributed by atoms with Crippen molar-refractivity contribution in [3.05, 3.63) is 23.8 Å². The first-order valence-electron chi connectivity index (χ1n) is 6.99. The van der Waals surface area contributed by atoms with E-state index in [9.17, 15) is 8.42 Å². The summed E-state index contributed by atoms with van der Waals surface area (Å²) in [5.41, 5.74) is 5.34. The van der Waals surface area contributed by atoms with Gasteiger partial charge in [-0.3, -0.25) is 0 Å². The highest BCUT2D eigenvalue weighted by molar-refractivity contribution is 7.89. The molecule has 0 heterocycles. The molecule has 122 valence electrons. The Morgan fingerprint density at radius 3 is 2.55 bits per heavy atom. The van der Waals surface area contributed by atoms with E-state index in [0.29, 0.717) is 17.9 Å². The Hall–Kier alpha value is -1.62. The largest absolute Gasteiger partial charge is 0.495 e. The summed E-state index contributed by atoms with van der Waals surface area (Å²) in [5, 5.41) is 8.89. The highest BCUT2D eigenvalue weighted by atomic mass is 32.2. The molecule has 0 aliphatic carbocycles. The Balaban J connectivity index is 3.22. The van der Waals surface area contributed by atoms with Gasteiger partial charge in [-0.05, 0) is 37.5 Å². The van der Waals surface area contributed by atoms with E-state index in [0.717, 1.165) is 0 Å². The van der Waals surface area contributed by atoms with Crippen molar-refractivity contribution in [1.82, 2.24) is 4.72 Å². The fraction of sp³-hybridized carbons (Fsp3) is 0.533. The molecule has 0 fully saturated rings. The second kappa shape index (κ2) is 7.09. The molecule has 1 rings (SSSR count). The van der Waals surface area contributed by atoms with Crippen molar-refractivity contribution in [1.29, 1.82) is 5.26 Å². The highest BCUT2D eigenvalue weighted by Crippen LogP contribution is 2.27. The third-order valence-electron chi connectivity index (χ3n) is 3.27. The topological polar surface area (TPSA) is 105 Å². The molecule has 1 aromatic rings. The normalized spacial score (nSPS) is 14.4. The molecule has 0 saturated heterocycles. The summed E-state index contributed by atoms with van der Waals surface area (Å²) >= 11 is 0. The maximum absolute atomic E-state index is 12.6. The minimum atomic E-state index is -3.81. The van der Waals surface area contributed by atoms with Gasteiger partial charge in [0.2, 0.25) is 10.0 Å². The van der Waals surface area contributed by atoms with Crippen molar-refractivity contribution in [3.8, 4) is 11.8 Å². The standard InChI is InChI=1S/C15H23N3O3S/c1-11(2)8-15(3,10-17)18-22(19,20)14-6-5-12(9-16)7-13(14)21-4/h5-7,11,18H,8,10,17H2,1-4H3. The number of hydrogen-bond donors (Lipinski definition) is 2. The maximum Gasteiger partial charge on any atom is 0.244 e. The number of nitrogens with one attached hydrogen (secondary N) is 1. The number of rotatable bonds is 7. The van der Waals surface area contributed by atoms with E-state index in [1.165, 1.54) is 25.3 Å². The van der Waals surface area contributed by atoms with Crippen molar-refractivity contribution in [3.63, 3.8) is 0 Å². The van der Waals surface area contributed by atoms with Crippen LogP contribution in [0.2, 0.25) is 0 Å². The molecule has 0 aliphatic heterocycles. The molecule has 1 aromatic carbocycles. The molecule has 0 radical (unpaired) electrons. The van der Waals surface area contributed by atoms with Crippen LogP contribution in [0.3, 0.4) is 0 Å². The van der Waals surface area contributed by atoms with Crippen molar-refractivity contribution >= 4 is 10.0 Å². The average Bonchev–Trinajstić information content (AvgIpc) is 2.44. The number of nitriles is 1. The van der Waals surface area contributed by atoms with Gasteiger partial charge in [0.25, 0.3) is 0 Å². The van der Waals surface area contributed by atoms with Crippen LogP contribution in [0.5, 0.6) is 5.75 Å². The predicted molar refractivity (Wildman–Crippen MR) is 84.9 cm³/mol. The van der Waals surface area contributed by atoms with Crippen LogP contribution in [0.4, 0.5) is 0 Å². The molecular weight excluding hydrogens is 302 g/mol. The summed E-state index contributed by atoms with van der Waals surface area (Å²) < 4.78 is 33.0. The van der Waals surface area contributed by atoms with Crippen molar-refractivity contribution < 1.29 is 13.2 Å². The molecule has 1 unspecified atom stereocenters. The molecule has 6 nitrogen and oxygen atoms in total. The number of sulfonamides is 1. The van der Waals surface area contributed by atoms with Crippen LogP contribution in [-0.4, -0.2) is 27.6 Å². The molecule has 7 heteroatoms. The van der Waals surface area contributed by atoms with Crippen molar-refractivity contribution in [2.45, 2.75) is 37.6 Å². The van der Waals surface area contributed by atoms with Gasteiger partial charge in [0.1, 0.15) is 10.6 Å². The fourth-order valence-corrected chi connectivity index (χ4v) is 3.99. The van der Waals surface area contributed by atoms with E-state index in [1.807, 2.05) is 19.9 Å². The van der Waals surface area contributed by atoms with Crippen LogP contribution < -0.4 is 15.2 Å². The number of methoxy groups -OCH3 is 1. The zero-order valence-electron chi connectivity index (χ0n) is 13.4. The monoisotopic (exact) mass is 325 g/mol. The SMILES string of the molecule is COc1cc(C#N)ccc1S(=O)(=O)NC(C)(CN)CC(C)C. The quantitative estimate of drug-likeness (QED) is 0.792. The molecular formula is C15H23N3O3S. The lowest BCUT2D eigenvalue weighted by molar-refractivity contribution is 0.343. The lowest BCUT2D eigenvalue weighted by Gasteiger charge is -2.31. The first kappa shape index (κ1) is 18.4. The van der Waals surface area contributed by atoms with Gasteiger partial charge in [-0.1, -0.05) is 13.8 Å². The average molecular weight is 325 g/mol. The Morgan fingerprint density at radius 2 is 2.09 bits per heavy atom. The third kappa shape index (κ3) is 4.44. The summed E-state index contributed by atoms with van der Waals surface area (Å²) in [6, 6.07) is 6.16. The molecule has 22 heavy (non-hydrogen) atoms. The van der Waals surface area contributed by atoms with Gasteiger partial charge in [-0.25, -0.2) is 13.1 Å². The van der Waals surface area contributed by atoms with E-state index in [4.69, 9.17) is 15.7 Å². The number of benzene rings is 1. The van der Waals surface area contributed by atoms with Crippen LogP contribution in [0.25, 0.3) is 0 Å². The van der Waals surface area contributed by atoms with Crippen molar-refractivity contribution in [2.24, 2.45) is 11.7 Å². The molecule has 1 atom stereocenters. The molecule has 3 N–H and O–H groups in total. The molecule has 0 aromatic heterocycles. The van der Waals surface area contributed by atoms with Gasteiger partial charge in [0.15, 0.2) is 0 Å². The van der Waals surface area contributed by atoms with Gasteiger partial charge in [0, 0.05) is 12.1 Å². The molecule has 0 saturated carbocycles. The predicted octanol–water partition coefficient (Wildman–Crippen LogP) is 1.61. The van der Waals surface area contributed by atoms with Crippen molar-refractivity contribution in [2.75, 3.05) is 13.7 Å². The first-order valence-corrected chi connectivity index (χ1v) is 8.48. The minimum absolute atomic E-state index is 0.00238. The molecule has 0 bridgehead atoms. The second-order valence-corrected chi connectivity index (χ2v) is 7.60. The van der Waals surface area contributed by atoms with Crippen LogP contribution >= 0.6 is 0 Å². The first-order chi connectivity index (χ1) is 10.2. The Bertz CT molecular complexity index is 665. The summed E-state index contributed by atoms with van der Waals surface area (Å²) in [4.78, 5) is -0.00238. The lowest BCUT2D eigenvalue weighted by Crippen LogP contribution is -2.52. The zero-order valence-corrected chi connectivity index (χ0v) is 14.2. The number of ether oxygens (including phenoxy) is 1. The van der Waals surface area contributed by atoms with E-state index >= 15 is 0 Å². The summed E-state index contributed by atoms with van der Waals surface area (Å²) in [6.45, 7) is 5.97. The van der Waals surface area contributed by atoms with Crippen LogP contribution in [0.1, 0.15) is 32.8 Å². The molecule has 0 amide bonds. The zero-order chi connectivity index (χ0) is 17.0. The Labute approximate surface area is 132 Å². The van der Waals surface area contributed by atoms with Crippen LogP contribution in [0.15, 0.2) is 23.1 Å².